The Kier molecular flexibility index (Phi) is 8.41. The van der Waals surface area contributed by atoms with E-state index in [4.69, 9.17) is 9.72 Å². The molecule has 0 unspecified atom stereocenters. The van der Waals surface area contributed by atoms with Gasteiger partial charge in [0.25, 0.3) is 0 Å². The molecule has 2 N–H and O–H groups in total. The molecule has 7 rings (SSSR count). The van der Waals surface area contributed by atoms with Crippen LogP contribution in [0.5, 0.6) is 11.5 Å². The zero-order valence-electron chi connectivity index (χ0n) is 25.2. The number of aromatic amines is 2. The third kappa shape index (κ3) is 6.39. The summed E-state index contributed by atoms with van der Waals surface area (Å²) in [6.45, 7) is 3.88. The molecular weight excluding hydrogens is 611 g/mol. The number of aryl methyl sites for hydroxylation is 2. The van der Waals surface area contributed by atoms with Crippen molar-refractivity contribution in [3.05, 3.63) is 126 Å². The topological polar surface area (TPSA) is 141 Å². The van der Waals surface area contributed by atoms with E-state index in [1.807, 2.05) is 50.2 Å². The molecule has 0 saturated heterocycles. The summed E-state index contributed by atoms with van der Waals surface area (Å²) in [6.07, 6.45) is 0. The number of aromatic nitrogens is 4. The van der Waals surface area contributed by atoms with Crippen molar-refractivity contribution < 1.29 is 52.1 Å². The maximum absolute atomic E-state index is 13.5. The van der Waals surface area contributed by atoms with Gasteiger partial charge in [0, 0.05) is 16.7 Å². The van der Waals surface area contributed by atoms with E-state index in [0.717, 1.165) is 50.1 Å². The number of ether oxygens (including phenoxy) is 1. The van der Waals surface area contributed by atoms with Crippen molar-refractivity contribution >= 4 is 38.0 Å². The summed E-state index contributed by atoms with van der Waals surface area (Å²) in [5.74, 6) is 2.20. The predicted octanol–water partition coefficient (Wildman–Crippen LogP) is 4.32. The molecule has 2 aromatic heterocycles. The summed E-state index contributed by atoms with van der Waals surface area (Å²) in [5.41, 5.74) is 8.42. The van der Waals surface area contributed by atoms with Gasteiger partial charge in [-0.15, -0.1) is 0 Å². The first-order valence-electron chi connectivity index (χ1n) is 14.1. The average molecular weight is 637 g/mol. The number of fused-ring (bicyclic) bond motifs is 2. The van der Waals surface area contributed by atoms with Gasteiger partial charge in [-0.1, -0.05) is 12.1 Å². The summed E-state index contributed by atoms with van der Waals surface area (Å²) >= 11 is 0. The number of ketones is 1. The number of nitrogens with zero attached hydrogens (tertiary/aromatic N) is 2. The van der Waals surface area contributed by atoms with E-state index in [-0.39, 0.29) is 40.2 Å². The summed E-state index contributed by atoms with van der Waals surface area (Å²) in [4.78, 5) is 29.2. The maximum atomic E-state index is 13.5. The molecule has 11 heteroatoms. The summed E-state index contributed by atoms with van der Waals surface area (Å²) in [6, 6.07) is 29.7. The van der Waals surface area contributed by atoms with E-state index >= 15 is 0 Å². The Morgan fingerprint density at radius 3 is 1.89 bits per heavy atom. The second kappa shape index (κ2) is 12.3. The molecule has 2 heterocycles. The fourth-order valence-electron chi connectivity index (χ4n) is 5.34. The number of nitrogens with one attached hydrogen (secondary N) is 2. The van der Waals surface area contributed by atoms with Crippen LogP contribution >= 0.6 is 0 Å². The second-order valence-electron chi connectivity index (χ2n) is 10.8. The molecule has 0 aliphatic rings. The van der Waals surface area contributed by atoms with E-state index < -0.39 is 10.1 Å². The molecule has 0 aliphatic carbocycles. The van der Waals surface area contributed by atoms with Crippen LogP contribution in [-0.4, -0.2) is 38.7 Å². The van der Waals surface area contributed by atoms with Gasteiger partial charge in [-0.2, -0.15) is 0 Å². The number of benzene rings is 5. The molecule has 0 spiro atoms. The van der Waals surface area contributed by atoms with E-state index in [2.05, 4.69) is 33.2 Å². The maximum Gasteiger partial charge on any atom is 1.00 e. The minimum absolute atomic E-state index is 0. The smallest absolute Gasteiger partial charge is 0.744 e. The monoisotopic (exact) mass is 636 g/mol. The Balaban J connectivity index is 0.00000372. The van der Waals surface area contributed by atoms with Crippen LogP contribution < -0.4 is 34.3 Å². The fourth-order valence-corrected chi connectivity index (χ4v) is 5.81. The number of hydrogen-bond donors (Lipinski definition) is 2. The molecule has 46 heavy (non-hydrogen) atoms. The second-order valence-corrected chi connectivity index (χ2v) is 12.2. The molecule has 0 bridgehead atoms. The van der Waals surface area contributed by atoms with Crippen molar-refractivity contribution in [3.63, 3.8) is 0 Å². The Labute approximate surface area is 286 Å². The third-order valence-electron chi connectivity index (χ3n) is 7.50. The van der Waals surface area contributed by atoms with Gasteiger partial charge >= 0.3 is 29.6 Å². The van der Waals surface area contributed by atoms with E-state index in [0.29, 0.717) is 28.5 Å². The van der Waals surface area contributed by atoms with E-state index in [9.17, 15) is 17.8 Å². The standard InChI is InChI=1S/C35H26N4O5S.Na/c1-20-15-25(34(40)22-3-7-27(8-4-22)44-28-9-11-29(12-10-28)45(41,42)43)17-26(16-20)35-38-31-14-6-24(19-33(31)39-35)23-5-13-30-32(18-23)37-21(2)36-30;/h3-19H,1-2H3,(H,36,37)(H,38,39)(H,41,42,43);/q;+1/p-1. The predicted molar refractivity (Wildman–Crippen MR) is 170 cm³/mol. The van der Waals surface area contributed by atoms with Crippen molar-refractivity contribution in [2.24, 2.45) is 0 Å². The summed E-state index contributed by atoms with van der Waals surface area (Å²) in [5, 5.41) is 0. The average Bonchev–Trinajstić information content (AvgIpc) is 3.62. The largest absolute Gasteiger partial charge is 1.00 e. The molecule has 222 valence electrons. The molecule has 0 fully saturated rings. The molecule has 9 nitrogen and oxygen atoms in total. The van der Waals surface area contributed by atoms with Crippen LogP contribution in [0.1, 0.15) is 27.3 Å². The fraction of sp³-hybridized carbons (Fsp3) is 0.0571. The van der Waals surface area contributed by atoms with Crippen LogP contribution in [0, 0.1) is 13.8 Å². The van der Waals surface area contributed by atoms with Gasteiger partial charge in [0.05, 0.1) is 27.0 Å². The number of imidazole rings is 2. The van der Waals surface area contributed by atoms with Crippen LogP contribution in [-0.2, 0) is 10.1 Å². The first kappa shape index (κ1) is 31.4. The van der Waals surface area contributed by atoms with Gasteiger partial charge in [-0.25, -0.2) is 18.4 Å². The Bertz CT molecular complexity index is 2360. The minimum atomic E-state index is -4.53. The molecule has 0 radical (unpaired) electrons. The SMILES string of the molecule is Cc1cc(C(=O)c2ccc(Oc3ccc(S(=O)(=O)[O-])cc3)cc2)cc(-c2nc3cc(-c4ccc5[nH]c(C)nc5c4)ccc3[nH]2)c1.[Na+]. The first-order valence-corrected chi connectivity index (χ1v) is 15.5. The summed E-state index contributed by atoms with van der Waals surface area (Å²) < 4.78 is 39.2. The summed E-state index contributed by atoms with van der Waals surface area (Å²) in [7, 11) is -4.53. The number of carbonyl (C=O) groups is 1. The van der Waals surface area contributed by atoms with Crippen molar-refractivity contribution in [1.29, 1.82) is 0 Å². The molecule has 7 aromatic rings. The van der Waals surface area contributed by atoms with Gasteiger partial charge in [-0.05, 0) is 122 Å². The van der Waals surface area contributed by atoms with Gasteiger partial charge in [0.1, 0.15) is 33.3 Å². The zero-order valence-corrected chi connectivity index (χ0v) is 28.0. The normalized spacial score (nSPS) is 11.5. The third-order valence-corrected chi connectivity index (χ3v) is 8.34. The zero-order chi connectivity index (χ0) is 31.3. The number of H-pyrrole nitrogens is 2. The van der Waals surface area contributed by atoms with Crippen molar-refractivity contribution in [1.82, 2.24) is 19.9 Å². The molecular formula is C35H25N4NaO5S. The Morgan fingerprint density at radius 2 is 1.26 bits per heavy atom. The van der Waals surface area contributed by atoms with E-state index in [1.54, 1.807) is 24.3 Å². The van der Waals surface area contributed by atoms with Crippen molar-refractivity contribution in [2.45, 2.75) is 18.7 Å². The van der Waals surface area contributed by atoms with Gasteiger partial charge < -0.3 is 19.3 Å². The van der Waals surface area contributed by atoms with E-state index in [1.165, 1.54) is 24.3 Å². The Hall–Kier alpha value is -4.58. The number of rotatable bonds is 7. The molecule has 5 aromatic carbocycles. The van der Waals surface area contributed by atoms with Gasteiger partial charge in [0.2, 0.25) is 0 Å². The van der Waals surface area contributed by atoms with Crippen LogP contribution in [0.4, 0.5) is 0 Å². The molecule has 0 atom stereocenters. The van der Waals surface area contributed by atoms with Crippen LogP contribution in [0.3, 0.4) is 0 Å². The number of hydrogen-bond acceptors (Lipinski definition) is 7. The van der Waals surface area contributed by atoms with Crippen LogP contribution in [0.15, 0.2) is 108 Å². The quantitative estimate of drug-likeness (QED) is 0.151. The number of carbonyl (C=O) groups excluding carboxylic acids is 1. The molecule has 0 aliphatic heterocycles. The van der Waals surface area contributed by atoms with Crippen molar-refractivity contribution in [2.75, 3.05) is 0 Å². The van der Waals surface area contributed by atoms with Gasteiger partial charge in [-0.3, -0.25) is 4.79 Å². The minimum Gasteiger partial charge on any atom is -0.744 e. The first-order chi connectivity index (χ1) is 21.6. The molecule has 0 amide bonds. The van der Waals surface area contributed by atoms with Gasteiger partial charge in [0.15, 0.2) is 5.78 Å². The molecule has 0 saturated carbocycles. The Morgan fingerprint density at radius 1 is 0.674 bits per heavy atom. The van der Waals surface area contributed by atoms with Crippen LogP contribution in [0.25, 0.3) is 44.6 Å². The van der Waals surface area contributed by atoms with Crippen molar-refractivity contribution in [3.8, 4) is 34.0 Å². The van der Waals surface area contributed by atoms with Crippen LogP contribution in [0.2, 0.25) is 0 Å².